The van der Waals surface area contributed by atoms with Gasteiger partial charge in [0.15, 0.2) is 5.96 Å². The first-order chi connectivity index (χ1) is 8.01. The molecule has 0 spiro atoms. The van der Waals surface area contributed by atoms with Gasteiger partial charge in [-0.1, -0.05) is 35.0 Å². The van der Waals surface area contributed by atoms with E-state index < -0.39 is 5.54 Å². The molecule has 2 N–H and O–H groups in total. The van der Waals surface area contributed by atoms with E-state index in [-0.39, 0.29) is 11.9 Å². The monoisotopic (exact) mass is 295 g/mol. The van der Waals surface area contributed by atoms with Crippen LogP contribution in [-0.4, -0.2) is 23.8 Å². The maximum Gasteiger partial charge on any atom is 0.259 e. The molecule has 4 nitrogen and oxygen atoms in total. The standard InChI is InChI=1S/C12H14BrN3O/c1-3-12(8-5-4-6-9(13)7-8)10(17)16(2)11(14)15-12/h4-7H,3H2,1-2H3,(H2,14,15). The van der Waals surface area contributed by atoms with Crippen molar-refractivity contribution in [1.82, 2.24) is 10.2 Å². The minimum absolute atomic E-state index is 0.0805. The minimum atomic E-state index is -0.796. The van der Waals surface area contributed by atoms with Crippen molar-refractivity contribution in [2.24, 2.45) is 0 Å². The van der Waals surface area contributed by atoms with Crippen molar-refractivity contribution in [3.8, 4) is 0 Å². The molecule has 1 fully saturated rings. The lowest BCUT2D eigenvalue weighted by Crippen LogP contribution is -2.43. The van der Waals surface area contributed by atoms with Crippen molar-refractivity contribution in [2.45, 2.75) is 18.9 Å². The zero-order valence-corrected chi connectivity index (χ0v) is 11.3. The maximum absolute atomic E-state index is 12.3. The molecule has 2 rings (SSSR count). The molecule has 1 aromatic carbocycles. The Morgan fingerprint density at radius 3 is 2.71 bits per heavy atom. The molecule has 17 heavy (non-hydrogen) atoms. The Labute approximate surface area is 109 Å². The molecule has 1 atom stereocenters. The number of guanidine groups is 1. The van der Waals surface area contributed by atoms with E-state index in [1.54, 1.807) is 7.05 Å². The zero-order valence-electron chi connectivity index (χ0n) is 9.75. The molecular weight excluding hydrogens is 282 g/mol. The first kappa shape index (κ1) is 12.1. The fourth-order valence-electron chi connectivity index (χ4n) is 2.12. The smallest absolute Gasteiger partial charge is 0.259 e. The lowest BCUT2D eigenvalue weighted by molar-refractivity contribution is -0.130. The second kappa shape index (κ2) is 4.14. The summed E-state index contributed by atoms with van der Waals surface area (Å²) in [5, 5.41) is 10.7. The van der Waals surface area contributed by atoms with Gasteiger partial charge in [-0.25, -0.2) is 0 Å². The van der Waals surface area contributed by atoms with E-state index in [9.17, 15) is 4.79 Å². The fraction of sp³-hybridized carbons (Fsp3) is 0.333. The summed E-state index contributed by atoms with van der Waals surface area (Å²) in [6.45, 7) is 1.94. The number of amides is 1. The van der Waals surface area contributed by atoms with Gasteiger partial charge in [0.05, 0.1) is 0 Å². The third kappa shape index (κ3) is 1.74. The van der Waals surface area contributed by atoms with Crippen LogP contribution in [0.4, 0.5) is 0 Å². The molecule has 1 aliphatic heterocycles. The number of rotatable bonds is 2. The number of carbonyl (C=O) groups excluding carboxylic acids is 1. The van der Waals surface area contributed by atoms with Crippen LogP contribution in [0.3, 0.4) is 0 Å². The Kier molecular flexibility index (Phi) is 2.95. The second-order valence-corrected chi connectivity index (χ2v) is 5.02. The topological polar surface area (TPSA) is 56.2 Å². The van der Waals surface area contributed by atoms with E-state index >= 15 is 0 Å². The van der Waals surface area contributed by atoms with Gasteiger partial charge < -0.3 is 5.32 Å². The Morgan fingerprint density at radius 2 is 2.24 bits per heavy atom. The van der Waals surface area contributed by atoms with Crippen LogP contribution < -0.4 is 5.32 Å². The van der Waals surface area contributed by atoms with Crippen LogP contribution in [0.15, 0.2) is 28.7 Å². The van der Waals surface area contributed by atoms with Crippen LogP contribution in [0.2, 0.25) is 0 Å². The van der Waals surface area contributed by atoms with Crippen LogP contribution in [0.5, 0.6) is 0 Å². The molecule has 5 heteroatoms. The van der Waals surface area contributed by atoms with Gasteiger partial charge in [-0.15, -0.1) is 0 Å². The summed E-state index contributed by atoms with van der Waals surface area (Å²) in [7, 11) is 1.62. The van der Waals surface area contributed by atoms with Crippen molar-refractivity contribution in [1.29, 1.82) is 5.41 Å². The second-order valence-electron chi connectivity index (χ2n) is 4.11. The molecule has 1 aliphatic rings. The molecule has 0 saturated carbocycles. The summed E-state index contributed by atoms with van der Waals surface area (Å²) in [6, 6.07) is 7.64. The molecule has 0 aliphatic carbocycles. The van der Waals surface area contributed by atoms with Crippen molar-refractivity contribution in [2.75, 3.05) is 7.05 Å². The van der Waals surface area contributed by atoms with Crippen molar-refractivity contribution in [3.63, 3.8) is 0 Å². The average Bonchev–Trinajstić information content (AvgIpc) is 2.54. The van der Waals surface area contributed by atoms with Crippen molar-refractivity contribution < 1.29 is 4.79 Å². The number of nitrogens with zero attached hydrogens (tertiary/aromatic N) is 1. The Morgan fingerprint density at radius 1 is 1.53 bits per heavy atom. The van der Waals surface area contributed by atoms with Gasteiger partial charge in [0, 0.05) is 11.5 Å². The summed E-state index contributed by atoms with van der Waals surface area (Å²) in [4.78, 5) is 13.6. The quantitative estimate of drug-likeness (QED) is 0.877. The van der Waals surface area contributed by atoms with E-state index in [1.165, 1.54) is 4.90 Å². The molecule has 0 bridgehead atoms. The maximum atomic E-state index is 12.3. The Bertz CT molecular complexity index is 488. The third-order valence-electron chi connectivity index (χ3n) is 3.18. The number of hydrogen-bond donors (Lipinski definition) is 2. The summed E-state index contributed by atoms with van der Waals surface area (Å²) < 4.78 is 0.929. The van der Waals surface area contributed by atoms with Gasteiger partial charge in [-0.3, -0.25) is 15.1 Å². The molecule has 90 valence electrons. The number of likely N-dealkylation sites (N-methyl/N-ethyl adjacent to an activating group) is 1. The highest BCUT2D eigenvalue weighted by atomic mass is 79.9. The first-order valence-corrected chi connectivity index (χ1v) is 6.21. The average molecular weight is 296 g/mol. The highest BCUT2D eigenvalue weighted by Gasteiger charge is 2.48. The van der Waals surface area contributed by atoms with E-state index in [4.69, 9.17) is 5.41 Å². The molecule has 0 aromatic heterocycles. The van der Waals surface area contributed by atoms with E-state index in [0.29, 0.717) is 6.42 Å². The predicted octanol–water partition coefficient (Wildman–Crippen LogP) is 2.05. The Balaban J connectivity index is 2.53. The molecule has 1 amide bonds. The lowest BCUT2D eigenvalue weighted by Gasteiger charge is -2.25. The SMILES string of the molecule is CCC1(c2cccc(Br)c2)NC(=N)N(C)C1=O. The molecular formula is C12H14BrN3O. The van der Waals surface area contributed by atoms with Crippen molar-refractivity contribution >= 4 is 27.8 Å². The predicted molar refractivity (Wildman–Crippen MR) is 69.7 cm³/mol. The zero-order chi connectivity index (χ0) is 12.6. The summed E-state index contributed by atoms with van der Waals surface area (Å²) >= 11 is 3.41. The number of nitrogens with one attached hydrogen (secondary N) is 2. The number of benzene rings is 1. The minimum Gasteiger partial charge on any atom is -0.338 e. The van der Waals surface area contributed by atoms with Gasteiger partial charge in [-0.2, -0.15) is 0 Å². The van der Waals surface area contributed by atoms with Gasteiger partial charge in [0.2, 0.25) is 0 Å². The normalized spacial score (nSPS) is 24.1. The van der Waals surface area contributed by atoms with Crippen molar-refractivity contribution in [3.05, 3.63) is 34.3 Å². The highest BCUT2D eigenvalue weighted by Crippen LogP contribution is 2.32. The molecule has 1 unspecified atom stereocenters. The number of carbonyl (C=O) groups is 1. The highest BCUT2D eigenvalue weighted by molar-refractivity contribution is 9.10. The number of halogens is 1. The van der Waals surface area contributed by atoms with E-state index in [0.717, 1.165) is 10.0 Å². The van der Waals surface area contributed by atoms with Crippen LogP contribution in [-0.2, 0) is 10.3 Å². The molecule has 1 heterocycles. The summed E-state index contributed by atoms with van der Waals surface area (Å²) in [6.07, 6.45) is 0.606. The van der Waals surface area contributed by atoms with Crippen LogP contribution >= 0.6 is 15.9 Å². The largest absolute Gasteiger partial charge is 0.338 e. The van der Waals surface area contributed by atoms with Gasteiger partial charge in [0.25, 0.3) is 5.91 Å². The van der Waals surface area contributed by atoms with E-state index in [1.807, 2.05) is 31.2 Å². The molecule has 0 radical (unpaired) electrons. The van der Waals surface area contributed by atoms with Gasteiger partial charge in [-0.05, 0) is 24.1 Å². The molecule has 1 aromatic rings. The first-order valence-electron chi connectivity index (χ1n) is 5.42. The molecule has 1 saturated heterocycles. The number of hydrogen-bond acceptors (Lipinski definition) is 2. The van der Waals surface area contributed by atoms with Crippen LogP contribution in [0, 0.1) is 5.41 Å². The fourth-order valence-corrected chi connectivity index (χ4v) is 2.52. The lowest BCUT2D eigenvalue weighted by atomic mass is 9.87. The Hall–Kier alpha value is -1.36. The van der Waals surface area contributed by atoms with Gasteiger partial charge >= 0.3 is 0 Å². The van der Waals surface area contributed by atoms with Gasteiger partial charge in [0.1, 0.15) is 5.54 Å². The summed E-state index contributed by atoms with van der Waals surface area (Å²) in [5.41, 5.74) is 0.0868. The van der Waals surface area contributed by atoms with Crippen LogP contribution in [0.1, 0.15) is 18.9 Å². The third-order valence-corrected chi connectivity index (χ3v) is 3.68. The summed E-state index contributed by atoms with van der Waals surface area (Å²) in [5.74, 6) is 0.0694. The van der Waals surface area contributed by atoms with E-state index in [2.05, 4.69) is 21.2 Å². The van der Waals surface area contributed by atoms with Crippen LogP contribution in [0.25, 0.3) is 0 Å².